The second-order valence-corrected chi connectivity index (χ2v) is 5.24. The summed E-state index contributed by atoms with van der Waals surface area (Å²) in [6.45, 7) is 0. The molecule has 1 fully saturated rings. The van der Waals surface area contributed by atoms with Gasteiger partial charge in [0.1, 0.15) is 6.04 Å². The standard InChI is InChI=1S/C14H9F3N2O4/c15-14(16,17)8-5-9(20)18-11(21)10(8)19-12(22)6-3-1-2-4-7(6)13(19)23/h1-4,8,10H,5H2,(H,18,20,21)/t8-,10+/m0/s1. The summed E-state index contributed by atoms with van der Waals surface area (Å²) in [5, 5.41) is 1.75. The summed E-state index contributed by atoms with van der Waals surface area (Å²) in [5.41, 5.74) is -0.133. The number of carbonyl (C=O) groups is 4. The van der Waals surface area contributed by atoms with Gasteiger partial charge in [-0.3, -0.25) is 29.4 Å². The molecular weight excluding hydrogens is 317 g/mol. The van der Waals surface area contributed by atoms with Crippen LogP contribution in [0, 0.1) is 5.92 Å². The van der Waals surface area contributed by atoms with Crippen LogP contribution in [0.2, 0.25) is 0 Å². The second-order valence-electron chi connectivity index (χ2n) is 5.24. The van der Waals surface area contributed by atoms with Gasteiger partial charge in [-0.2, -0.15) is 13.2 Å². The van der Waals surface area contributed by atoms with Crippen LogP contribution >= 0.6 is 0 Å². The molecule has 1 aromatic rings. The molecule has 9 heteroatoms. The number of benzene rings is 1. The molecule has 2 aliphatic rings. The van der Waals surface area contributed by atoms with Crippen molar-refractivity contribution in [1.29, 1.82) is 0 Å². The molecule has 4 amide bonds. The zero-order valence-electron chi connectivity index (χ0n) is 11.4. The van der Waals surface area contributed by atoms with Crippen molar-refractivity contribution in [2.45, 2.75) is 18.6 Å². The Morgan fingerprint density at radius 2 is 1.52 bits per heavy atom. The zero-order valence-corrected chi connectivity index (χ0v) is 11.4. The van der Waals surface area contributed by atoms with Crippen LogP contribution in [-0.4, -0.2) is 40.7 Å². The number of imide groups is 2. The molecule has 0 unspecified atom stereocenters. The van der Waals surface area contributed by atoms with Crippen molar-refractivity contribution in [3.05, 3.63) is 35.4 Å². The lowest BCUT2D eigenvalue weighted by Gasteiger charge is -2.35. The van der Waals surface area contributed by atoms with Crippen LogP contribution in [-0.2, 0) is 9.59 Å². The predicted molar refractivity (Wildman–Crippen MR) is 68.0 cm³/mol. The molecule has 0 aliphatic carbocycles. The number of hydrogen-bond acceptors (Lipinski definition) is 4. The average Bonchev–Trinajstić information content (AvgIpc) is 2.71. The number of halogens is 3. The molecule has 2 atom stereocenters. The Bertz CT molecular complexity index is 709. The van der Waals surface area contributed by atoms with Crippen LogP contribution in [0.5, 0.6) is 0 Å². The van der Waals surface area contributed by atoms with Crippen molar-refractivity contribution >= 4 is 23.6 Å². The maximum atomic E-state index is 13.2. The average molecular weight is 326 g/mol. The van der Waals surface area contributed by atoms with E-state index in [2.05, 4.69) is 0 Å². The maximum Gasteiger partial charge on any atom is 0.394 e. The molecule has 0 aromatic heterocycles. The molecule has 6 nitrogen and oxygen atoms in total. The fourth-order valence-corrected chi connectivity index (χ4v) is 2.81. The third-order valence-corrected chi connectivity index (χ3v) is 3.84. The molecule has 120 valence electrons. The van der Waals surface area contributed by atoms with Crippen molar-refractivity contribution in [3.63, 3.8) is 0 Å². The number of nitrogens with zero attached hydrogens (tertiary/aromatic N) is 1. The first kappa shape index (κ1) is 15.2. The van der Waals surface area contributed by atoms with Gasteiger partial charge in [0.15, 0.2) is 0 Å². The summed E-state index contributed by atoms with van der Waals surface area (Å²) in [5.74, 6) is -6.78. The largest absolute Gasteiger partial charge is 0.394 e. The number of rotatable bonds is 1. The van der Waals surface area contributed by atoms with Gasteiger partial charge >= 0.3 is 6.18 Å². The van der Waals surface area contributed by atoms with E-state index in [1.165, 1.54) is 24.3 Å². The van der Waals surface area contributed by atoms with E-state index in [4.69, 9.17) is 0 Å². The Morgan fingerprint density at radius 1 is 1.00 bits per heavy atom. The Hall–Kier alpha value is -2.71. The first-order chi connectivity index (χ1) is 10.7. The van der Waals surface area contributed by atoms with E-state index in [1.54, 1.807) is 5.32 Å². The lowest BCUT2D eigenvalue weighted by Crippen LogP contribution is -2.61. The fraction of sp³-hybridized carbons (Fsp3) is 0.286. The number of alkyl halides is 3. The molecule has 2 heterocycles. The molecule has 1 aromatic carbocycles. The highest BCUT2D eigenvalue weighted by atomic mass is 19.4. The summed E-state index contributed by atoms with van der Waals surface area (Å²) >= 11 is 0. The topological polar surface area (TPSA) is 83.6 Å². The molecule has 1 saturated heterocycles. The summed E-state index contributed by atoms with van der Waals surface area (Å²) in [4.78, 5) is 48.0. The van der Waals surface area contributed by atoms with Gasteiger partial charge in [-0.25, -0.2) is 0 Å². The quantitative estimate of drug-likeness (QED) is 0.777. The molecule has 0 spiro atoms. The van der Waals surface area contributed by atoms with E-state index in [-0.39, 0.29) is 11.1 Å². The lowest BCUT2D eigenvalue weighted by atomic mass is 9.89. The maximum absolute atomic E-state index is 13.2. The van der Waals surface area contributed by atoms with Crippen molar-refractivity contribution in [3.8, 4) is 0 Å². The van der Waals surface area contributed by atoms with Gasteiger partial charge < -0.3 is 0 Å². The summed E-state index contributed by atoms with van der Waals surface area (Å²) in [6.07, 6.45) is -5.93. The van der Waals surface area contributed by atoms with Crippen molar-refractivity contribution in [2.24, 2.45) is 5.92 Å². The SMILES string of the molecule is O=C1C[C@H](C(F)(F)F)[C@@H](N2C(=O)c3ccccc3C2=O)C(=O)N1. The van der Waals surface area contributed by atoms with Gasteiger partial charge in [-0.05, 0) is 12.1 Å². The van der Waals surface area contributed by atoms with Gasteiger partial charge in [0, 0.05) is 6.42 Å². The molecule has 0 saturated carbocycles. The molecule has 0 bridgehead atoms. The summed E-state index contributed by atoms with van der Waals surface area (Å²) < 4.78 is 39.6. The normalized spacial score (nSPS) is 24.7. The minimum atomic E-state index is -4.91. The predicted octanol–water partition coefficient (Wildman–Crippen LogP) is 0.876. The molecular formula is C14H9F3N2O4. The Morgan fingerprint density at radius 3 is 2.00 bits per heavy atom. The third kappa shape index (κ3) is 2.28. The van der Waals surface area contributed by atoms with Crippen molar-refractivity contribution in [1.82, 2.24) is 10.2 Å². The number of hydrogen-bond donors (Lipinski definition) is 1. The van der Waals surface area contributed by atoms with Crippen LogP contribution in [0.15, 0.2) is 24.3 Å². The van der Waals surface area contributed by atoms with E-state index in [9.17, 15) is 32.3 Å². The Balaban J connectivity index is 2.06. The van der Waals surface area contributed by atoms with Crippen LogP contribution in [0.1, 0.15) is 27.1 Å². The highest BCUT2D eigenvalue weighted by Gasteiger charge is 2.57. The monoisotopic (exact) mass is 326 g/mol. The highest BCUT2D eigenvalue weighted by Crippen LogP contribution is 2.38. The molecule has 23 heavy (non-hydrogen) atoms. The van der Waals surface area contributed by atoms with E-state index in [1.807, 2.05) is 0 Å². The smallest absolute Gasteiger partial charge is 0.295 e. The second kappa shape index (κ2) is 4.90. The lowest BCUT2D eigenvalue weighted by molar-refractivity contribution is -0.197. The van der Waals surface area contributed by atoms with Gasteiger partial charge in [-0.1, -0.05) is 12.1 Å². The van der Waals surface area contributed by atoms with Gasteiger partial charge in [0.05, 0.1) is 17.0 Å². The van der Waals surface area contributed by atoms with E-state index >= 15 is 0 Å². The molecule has 2 aliphatic heterocycles. The fourth-order valence-electron chi connectivity index (χ4n) is 2.81. The highest BCUT2D eigenvalue weighted by molar-refractivity contribution is 6.23. The van der Waals surface area contributed by atoms with Crippen LogP contribution < -0.4 is 5.32 Å². The van der Waals surface area contributed by atoms with Crippen molar-refractivity contribution < 1.29 is 32.3 Å². The van der Waals surface area contributed by atoms with Gasteiger partial charge in [0.2, 0.25) is 5.91 Å². The van der Waals surface area contributed by atoms with Crippen LogP contribution in [0.25, 0.3) is 0 Å². The summed E-state index contributed by atoms with van der Waals surface area (Å²) in [6, 6.07) is 3.41. The number of fused-ring (bicyclic) bond motifs is 1. The number of nitrogens with one attached hydrogen (secondary N) is 1. The number of piperidine rings is 1. The van der Waals surface area contributed by atoms with Crippen LogP contribution in [0.3, 0.4) is 0 Å². The minimum Gasteiger partial charge on any atom is -0.295 e. The van der Waals surface area contributed by atoms with E-state index < -0.39 is 48.2 Å². The van der Waals surface area contributed by atoms with Crippen LogP contribution in [0.4, 0.5) is 13.2 Å². The first-order valence-electron chi connectivity index (χ1n) is 6.59. The van der Waals surface area contributed by atoms with Gasteiger partial charge in [0.25, 0.3) is 17.7 Å². The third-order valence-electron chi connectivity index (χ3n) is 3.84. The molecule has 0 radical (unpaired) electrons. The number of carbonyl (C=O) groups excluding carboxylic acids is 4. The van der Waals surface area contributed by atoms with Crippen molar-refractivity contribution in [2.75, 3.05) is 0 Å². The Labute approximate surface area is 127 Å². The summed E-state index contributed by atoms with van der Waals surface area (Å²) in [7, 11) is 0. The van der Waals surface area contributed by atoms with E-state index in [0.29, 0.717) is 4.90 Å². The Kier molecular flexibility index (Phi) is 3.24. The molecule has 1 N–H and O–H groups in total. The van der Waals surface area contributed by atoms with E-state index in [0.717, 1.165) is 0 Å². The minimum absolute atomic E-state index is 0.0666. The number of amides is 4. The first-order valence-corrected chi connectivity index (χ1v) is 6.59. The molecule has 3 rings (SSSR count). The zero-order chi connectivity index (χ0) is 16.9. The van der Waals surface area contributed by atoms with Gasteiger partial charge in [-0.15, -0.1) is 0 Å².